The number of hydrogen-bond acceptors (Lipinski definition) is 1. The standard InChI is InChI=1S/C13H18BrN/c1-13(2,8-15)10-7-6-9-4-3-5-11(14)12(9)10/h3-5,10H,6-8,15H2,1-2H3. The van der Waals surface area contributed by atoms with Gasteiger partial charge in [-0.1, -0.05) is 41.9 Å². The molecule has 0 aromatic heterocycles. The normalized spacial score (nSPS) is 20.4. The second-order valence-electron chi connectivity index (χ2n) is 5.10. The SMILES string of the molecule is CC(C)(CN)C1CCc2cccc(Br)c21. The highest BCUT2D eigenvalue weighted by Gasteiger charge is 2.35. The van der Waals surface area contributed by atoms with Gasteiger partial charge in [0, 0.05) is 4.47 Å². The smallest absolute Gasteiger partial charge is 0.0213 e. The van der Waals surface area contributed by atoms with Crippen LogP contribution in [0.1, 0.15) is 37.3 Å². The van der Waals surface area contributed by atoms with Crippen molar-refractivity contribution in [3.05, 3.63) is 33.8 Å². The van der Waals surface area contributed by atoms with Gasteiger partial charge in [0.05, 0.1) is 0 Å². The van der Waals surface area contributed by atoms with Crippen molar-refractivity contribution >= 4 is 15.9 Å². The molecule has 1 aliphatic carbocycles. The quantitative estimate of drug-likeness (QED) is 0.873. The molecule has 2 rings (SSSR count). The van der Waals surface area contributed by atoms with Gasteiger partial charge in [-0.05, 0) is 47.9 Å². The zero-order chi connectivity index (χ0) is 11.1. The van der Waals surface area contributed by atoms with E-state index in [4.69, 9.17) is 5.73 Å². The molecular weight excluding hydrogens is 250 g/mol. The summed E-state index contributed by atoms with van der Waals surface area (Å²) in [6.45, 7) is 5.29. The van der Waals surface area contributed by atoms with Gasteiger partial charge in [-0.3, -0.25) is 0 Å². The van der Waals surface area contributed by atoms with Crippen molar-refractivity contribution in [3.8, 4) is 0 Å². The summed E-state index contributed by atoms with van der Waals surface area (Å²) >= 11 is 3.67. The lowest BCUT2D eigenvalue weighted by molar-refractivity contribution is 0.294. The van der Waals surface area contributed by atoms with Gasteiger partial charge < -0.3 is 5.73 Å². The van der Waals surface area contributed by atoms with Gasteiger partial charge in [0.25, 0.3) is 0 Å². The first-order valence-corrected chi connectivity index (χ1v) is 6.33. The second kappa shape index (κ2) is 3.91. The number of rotatable bonds is 2. The first kappa shape index (κ1) is 11.2. The molecule has 2 N–H and O–H groups in total. The van der Waals surface area contributed by atoms with E-state index in [1.165, 1.54) is 28.4 Å². The van der Waals surface area contributed by atoms with Crippen molar-refractivity contribution in [2.75, 3.05) is 6.54 Å². The van der Waals surface area contributed by atoms with Gasteiger partial charge in [0.1, 0.15) is 0 Å². The van der Waals surface area contributed by atoms with E-state index in [-0.39, 0.29) is 5.41 Å². The molecule has 0 spiro atoms. The van der Waals surface area contributed by atoms with E-state index in [1.807, 2.05) is 0 Å². The van der Waals surface area contributed by atoms with Crippen LogP contribution in [0.15, 0.2) is 22.7 Å². The average molecular weight is 268 g/mol. The Morgan fingerprint density at radius 2 is 2.20 bits per heavy atom. The van der Waals surface area contributed by atoms with Crippen LogP contribution in [0, 0.1) is 5.41 Å². The van der Waals surface area contributed by atoms with Gasteiger partial charge in [-0.2, -0.15) is 0 Å². The minimum Gasteiger partial charge on any atom is -0.330 e. The lowest BCUT2D eigenvalue weighted by Crippen LogP contribution is -2.29. The van der Waals surface area contributed by atoms with Crippen LogP contribution in [0.2, 0.25) is 0 Å². The van der Waals surface area contributed by atoms with Crippen LogP contribution in [0.3, 0.4) is 0 Å². The van der Waals surface area contributed by atoms with Crippen molar-refractivity contribution in [3.63, 3.8) is 0 Å². The van der Waals surface area contributed by atoms with Crippen molar-refractivity contribution in [1.82, 2.24) is 0 Å². The minimum absolute atomic E-state index is 0.203. The van der Waals surface area contributed by atoms with Crippen LogP contribution < -0.4 is 5.73 Å². The summed E-state index contributed by atoms with van der Waals surface area (Å²) in [5.74, 6) is 0.605. The van der Waals surface area contributed by atoms with E-state index in [0.717, 1.165) is 6.54 Å². The molecule has 1 aromatic rings. The Morgan fingerprint density at radius 3 is 2.87 bits per heavy atom. The summed E-state index contributed by atoms with van der Waals surface area (Å²) in [6.07, 6.45) is 2.44. The van der Waals surface area contributed by atoms with Crippen LogP contribution in [-0.4, -0.2) is 6.54 Å². The lowest BCUT2D eigenvalue weighted by atomic mass is 9.76. The van der Waals surface area contributed by atoms with E-state index in [9.17, 15) is 0 Å². The molecule has 1 atom stereocenters. The van der Waals surface area contributed by atoms with Crippen molar-refractivity contribution in [1.29, 1.82) is 0 Å². The Kier molecular flexibility index (Phi) is 2.91. The van der Waals surface area contributed by atoms with E-state index in [1.54, 1.807) is 0 Å². The van der Waals surface area contributed by atoms with E-state index < -0.39 is 0 Å². The molecular formula is C13H18BrN. The summed E-state index contributed by atoms with van der Waals surface area (Å²) in [5, 5.41) is 0. The Hall–Kier alpha value is -0.340. The zero-order valence-corrected chi connectivity index (χ0v) is 11.0. The highest BCUT2D eigenvalue weighted by molar-refractivity contribution is 9.10. The summed E-state index contributed by atoms with van der Waals surface area (Å²) < 4.78 is 1.25. The third-order valence-electron chi connectivity index (χ3n) is 3.66. The first-order chi connectivity index (χ1) is 7.06. The average Bonchev–Trinajstić information content (AvgIpc) is 2.63. The van der Waals surface area contributed by atoms with Crippen LogP contribution in [0.4, 0.5) is 0 Å². The second-order valence-corrected chi connectivity index (χ2v) is 5.95. The molecule has 0 radical (unpaired) electrons. The Morgan fingerprint density at radius 1 is 1.47 bits per heavy atom. The molecule has 1 nitrogen and oxygen atoms in total. The third kappa shape index (κ3) is 1.85. The Bertz CT molecular complexity index is 371. The number of fused-ring (bicyclic) bond motifs is 1. The Balaban J connectivity index is 2.44. The van der Waals surface area contributed by atoms with Gasteiger partial charge >= 0.3 is 0 Å². The minimum atomic E-state index is 0.203. The highest BCUT2D eigenvalue weighted by atomic mass is 79.9. The molecule has 0 fully saturated rings. The highest BCUT2D eigenvalue weighted by Crippen LogP contribution is 2.47. The fourth-order valence-corrected chi connectivity index (χ4v) is 3.24. The predicted molar refractivity (Wildman–Crippen MR) is 68.0 cm³/mol. The molecule has 0 bridgehead atoms. The number of halogens is 1. The third-order valence-corrected chi connectivity index (χ3v) is 4.35. The summed E-state index contributed by atoms with van der Waals surface area (Å²) in [7, 11) is 0. The van der Waals surface area contributed by atoms with Crippen LogP contribution >= 0.6 is 15.9 Å². The molecule has 15 heavy (non-hydrogen) atoms. The summed E-state index contributed by atoms with van der Waals surface area (Å²) in [4.78, 5) is 0. The number of hydrogen-bond donors (Lipinski definition) is 1. The number of aryl methyl sites for hydroxylation is 1. The predicted octanol–water partition coefficient (Wildman–Crippen LogP) is 3.46. The molecule has 0 heterocycles. The maximum atomic E-state index is 5.88. The molecule has 1 unspecified atom stereocenters. The molecule has 2 heteroatoms. The van der Waals surface area contributed by atoms with E-state index in [0.29, 0.717) is 5.92 Å². The Labute approximate surface area is 100 Å². The molecule has 82 valence electrons. The van der Waals surface area contributed by atoms with Gasteiger partial charge in [0.2, 0.25) is 0 Å². The summed E-state index contributed by atoms with van der Waals surface area (Å²) in [6, 6.07) is 6.51. The van der Waals surface area contributed by atoms with Crippen molar-refractivity contribution in [2.24, 2.45) is 11.1 Å². The molecule has 0 saturated carbocycles. The summed E-state index contributed by atoms with van der Waals surface area (Å²) in [5.41, 5.74) is 9.07. The van der Waals surface area contributed by atoms with Gasteiger partial charge in [-0.25, -0.2) is 0 Å². The molecule has 0 aliphatic heterocycles. The topological polar surface area (TPSA) is 26.0 Å². The van der Waals surface area contributed by atoms with E-state index >= 15 is 0 Å². The van der Waals surface area contributed by atoms with Crippen LogP contribution in [0.25, 0.3) is 0 Å². The lowest BCUT2D eigenvalue weighted by Gasteiger charge is -2.31. The molecule has 1 aliphatic rings. The molecule has 0 saturated heterocycles. The fourth-order valence-electron chi connectivity index (χ4n) is 2.56. The van der Waals surface area contributed by atoms with Crippen LogP contribution in [-0.2, 0) is 6.42 Å². The fraction of sp³-hybridized carbons (Fsp3) is 0.538. The molecule has 1 aromatic carbocycles. The van der Waals surface area contributed by atoms with Gasteiger partial charge in [0.15, 0.2) is 0 Å². The largest absolute Gasteiger partial charge is 0.330 e. The number of benzene rings is 1. The van der Waals surface area contributed by atoms with E-state index in [2.05, 4.69) is 48.0 Å². The number of nitrogens with two attached hydrogens (primary N) is 1. The van der Waals surface area contributed by atoms with Crippen molar-refractivity contribution in [2.45, 2.75) is 32.6 Å². The monoisotopic (exact) mass is 267 g/mol. The maximum absolute atomic E-state index is 5.88. The van der Waals surface area contributed by atoms with Crippen molar-refractivity contribution < 1.29 is 0 Å². The van der Waals surface area contributed by atoms with Gasteiger partial charge in [-0.15, -0.1) is 0 Å². The first-order valence-electron chi connectivity index (χ1n) is 5.53. The van der Waals surface area contributed by atoms with Crippen LogP contribution in [0.5, 0.6) is 0 Å². The zero-order valence-electron chi connectivity index (χ0n) is 9.39. The molecule has 0 amide bonds. The maximum Gasteiger partial charge on any atom is 0.0213 e.